The smallest absolute Gasteiger partial charge is 0.115 e. The molecule has 7 rings (SSSR count). The van der Waals surface area contributed by atoms with Crippen molar-refractivity contribution in [1.29, 1.82) is 0 Å². The molecule has 0 saturated carbocycles. The van der Waals surface area contributed by atoms with Crippen molar-refractivity contribution in [1.82, 2.24) is 29.1 Å². The van der Waals surface area contributed by atoms with Crippen LogP contribution in [0.5, 0.6) is 0 Å². The number of nitrogens with one attached hydrogen (secondary N) is 1. The summed E-state index contributed by atoms with van der Waals surface area (Å²) in [6.45, 7) is 0. The van der Waals surface area contributed by atoms with Crippen molar-refractivity contribution >= 4 is 21.8 Å². The fourth-order valence-corrected chi connectivity index (χ4v) is 4.94. The van der Waals surface area contributed by atoms with E-state index in [1.165, 1.54) is 16.3 Å². The Morgan fingerprint density at radius 3 is 1.71 bits per heavy atom. The Labute approximate surface area is 201 Å². The number of para-hydroxylation sites is 2. The van der Waals surface area contributed by atoms with Crippen LogP contribution in [0.1, 0.15) is 0 Å². The van der Waals surface area contributed by atoms with Gasteiger partial charge in [0.2, 0.25) is 0 Å². The van der Waals surface area contributed by atoms with E-state index in [0.717, 1.165) is 39.1 Å². The van der Waals surface area contributed by atoms with Crippen LogP contribution in [0.15, 0.2) is 117 Å². The van der Waals surface area contributed by atoms with Crippen molar-refractivity contribution in [3.05, 3.63) is 117 Å². The molecule has 0 aliphatic heterocycles. The topological polar surface area (TPSA) is 64.3 Å². The molecule has 5 aromatic heterocycles. The first kappa shape index (κ1) is 19.5. The Bertz CT molecular complexity index is 1660. The summed E-state index contributed by atoms with van der Waals surface area (Å²) in [5.41, 5.74) is 8.84. The van der Waals surface area contributed by atoms with Crippen LogP contribution in [-0.4, -0.2) is 29.1 Å². The van der Waals surface area contributed by atoms with E-state index in [-0.39, 0.29) is 0 Å². The molecule has 1 N–H and O–H groups in total. The van der Waals surface area contributed by atoms with E-state index in [4.69, 9.17) is 0 Å². The van der Waals surface area contributed by atoms with Crippen LogP contribution >= 0.6 is 0 Å². The number of hydrogen-bond acceptors (Lipinski definition) is 3. The van der Waals surface area contributed by atoms with Crippen molar-refractivity contribution in [3.8, 4) is 33.6 Å². The highest BCUT2D eigenvalue weighted by Crippen LogP contribution is 2.41. The molecule has 0 aliphatic rings. The molecule has 166 valence electrons. The lowest BCUT2D eigenvalue weighted by Gasteiger charge is -2.03. The zero-order valence-corrected chi connectivity index (χ0v) is 18.7. The molecule has 0 amide bonds. The number of fused-ring (bicyclic) bond motifs is 2. The Balaban J connectivity index is 1.47. The molecule has 35 heavy (non-hydrogen) atoms. The van der Waals surface area contributed by atoms with Gasteiger partial charge in [0.1, 0.15) is 6.33 Å². The van der Waals surface area contributed by atoms with Crippen molar-refractivity contribution < 1.29 is 0 Å². The maximum Gasteiger partial charge on any atom is 0.115 e. The minimum absolute atomic E-state index is 0.931. The fraction of sp³-hybridized carbons (Fsp3) is 0. The van der Waals surface area contributed by atoms with Crippen LogP contribution in [0.2, 0.25) is 0 Å². The summed E-state index contributed by atoms with van der Waals surface area (Å²) in [4.78, 5) is 16.1. The van der Waals surface area contributed by atoms with E-state index in [1.54, 1.807) is 12.5 Å². The third-order valence-corrected chi connectivity index (χ3v) is 6.50. The molecule has 7 aromatic rings. The molecular formula is C29H20N6. The van der Waals surface area contributed by atoms with Gasteiger partial charge in [-0.25, -0.2) is 9.97 Å². The Morgan fingerprint density at radius 1 is 0.543 bits per heavy atom. The lowest BCUT2D eigenvalue weighted by Crippen LogP contribution is -1.93. The zero-order chi connectivity index (χ0) is 23.2. The number of aromatic amines is 1. The van der Waals surface area contributed by atoms with Gasteiger partial charge in [0, 0.05) is 64.0 Å². The van der Waals surface area contributed by atoms with E-state index in [9.17, 15) is 0 Å². The summed E-state index contributed by atoms with van der Waals surface area (Å²) in [6, 6.07) is 21.0. The number of pyridine rings is 1. The number of nitrogens with zero attached hydrogens (tertiary/aromatic N) is 5. The van der Waals surface area contributed by atoms with Crippen molar-refractivity contribution in [3.63, 3.8) is 0 Å². The molecule has 0 aliphatic carbocycles. The van der Waals surface area contributed by atoms with Gasteiger partial charge in [-0.3, -0.25) is 4.98 Å². The largest absolute Gasteiger partial charge is 0.366 e. The second-order valence-corrected chi connectivity index (χ2v) is 8.45. The van der Waals surface area contributed by atoms with Crippen LogP contribution in [0.25, 0.3) is 55.4 Å². The van der Waals surface area contributed by atoms with Crippen molar-refractivity contribution in [2.45, 2.75) is 0 Å². The van der Waals surface area contributed by atoms with Gasteiger partial charge in [-0.15, -0.1) is 0 Å². The highest BCUT2D eigenvalue weighted by molar-refractivity contribution is 6.05. The highest BCUT2D eigenvalue weighted by atomic mass is 15.0. The normalized spacial score (nSPS) is 11.4. The predicted molar refractivity (Wildman–Crippen MR) is 139 cm³/mol. The summed E-state index contributed by atoms with van der Waals surface area (Å²) in [5.74, 6) is 0. The van der Waals surface area contributed by atoms with E-state index in [1.807, 2.05) is 24.7 Å². The lowest BCUT2D eigenvalue weighted by atomic mass is 9.98. The monoisotopic (exact) mass is 452 g/mol. The quantitative estimate of drug-likeness (QED) is 0.335. The van der Waals surface area contributed by atoms with Gasteiger partial charge < -0.3 is 14.1 Å². The predicted octanol–water partition coefficient (Wildman–Crippen LogP) is 6.42. The fourth-order valence-electron chi connectivity index (χ4n) is 4.94. The Kier molecular flexibility index (Phi) is 4.35. The summed E-state index contributed by atoms with van der Waals surface area (Å²) >= 11 is 0. The minimum atomic E-state index is 0.931. The SMILES string of the molecule is c1cncc(-n2cc(-c3c[nH]cc3-c3cn(-c4cncnc4)c4ccccc34)c3ccccc32)c1. The zero-order valence-electron chi connectivity index (χ0n) is 18.7. The first-order valence-corrected chi connectivity index (χ1v) is 11.4. The molecule has 6 heteroatoms. The molecule has 2 aromatic carbocycles. The van der Waals surface area contributed by atoms with Crippen LogP contribution in [0, 0.1) is 0 Å². The van der Waals surface area contributed by atoms with Crippen molar-refractivity contribution in [2.24, 2.45) is 0 Å². The Hall–Kier alpha value is -4.97. The molecule has 0 atom stereocenters. The lowest BCUT2D eigenvalue weighted by molar-refractivity contribution is 1.05. The molecule has 0 fully saturated rings. The van der Waals surface area contributed by atoms with Crippen molar-refractivity contribution in [2.75, 3.05) is 0 Å². The number of H-pyrrole nitrogens is 1. The third kappa shape index (κ3) is 3.08. The van der Waals surface area contributed by atoms with Gasteiger partial charge in [0.15, 0.2) is 0 Å². The van der Waals surface area contributed by atoms with Crippen LogP contribution in [0.3, 0.4) is 0 Å². The minimum Gasteiger partial charge on any atom is -0.366 e. The van der Waals surface area contributed by atoms with E-state index < -0.39 is 0 Å². The van der Waals surface area contributed by atoms with Crippen LogP contribution in [-0.2, 0) is 0 Å². The molecule has 0 bridgehead atoms. The summed E-state index contributed by atoms with van der Waals surface area (Å²) in [6.07, 6.45) is 17.5. The number of hydrogen-bond donors (Lipinski definition) is 1. The number of rotatable bonds is 4. The Morgan fingerprint density at radius 2 is 1.11 bits per heavy atom. The molecule has 0 saturated heterocycles. The highest BCUT2D eigenvalue weighted by Gasteiger charge is 2.19. The summed E-state index contributed by atoms with van der Waals surface area (Å²) in [5, 5.41) is 2.37. The van der Waals surface area contributed by atoms with Gasteiger partial charge in [0.05, 0.1) is 41.0 Å². The molecule has 5 heterocycles. The van der Waals surface area contributed by atoms with Gasteiger partial charge >= 0.3 is 0 Å². The number of benzene rings is 2. The van der Waals surface area contributed by atoms with Gasteiger partial charge in [-0.05, 0) is 24.3 Å². The van der Waals surface area contributed by atoms with Crippen LogP contribution < -0.4 is 0 Å². The third-order valence-electron chi connectivity index (χ3n) is 6.50. The maximum absolute atomic E-state index is 4.33. The molecule has 0 spiro atoms. The van der Waals surface area contributed by atoms with Gasteiger partial charge in [0.25, 0.3) is 0 Å². The standard InChI is InChI=1S/C29H20N6/c1-3-9-28-22(7-1)26(17-34(28)20-6-5-11-30-12-20)24-15-31-16-25(24)27-18-35(21-13-32-19-33-14-21)29-10-4-2-8-23(27)29/h1-19,31H. The summed E-state index contributed by atoms with van der Waals surface area (Å²) in [7, 11) is 0. The van der Waals surface area contributed by atoms with Gasteiger partial charge in [-0.1, -0.05) is 36.4 Å². The van der Waals surface area contributed by atoms with Gasteiger partial charge in [-0.2, -0.15) is 0 Å². The van der Waals surface area contributed by atoms with E-state index in [0.29, 0.717) is 0 Å². The molecule has 0 unspecified atom stereocenters. The maximum atomic E-state index is 4.33. The molecule has 6 nitrogen and oxygen atoms in total. The average Bonchev–Trinajstić information content (AvgIpc) is 3.65. The summed E-state index contributed by atoms with van der Waals surface area (Å²) < 4.78 is 4.36. The molecular weight excluding hydrogens is 432 g/mol. The first-order chi connectivity index (χ1) is 17.4. The van der Waals surface area contributed by atoms with Crippen LogP contribution in [0.4, 0.5) is 0 Å². The first-order valence-electron chi connectivity index (χ1n) is 11.4. The second kappa shape index (κ2) is 7.81. The molecule has 0 radical (unpaired) electrons. The number of aromatic nitrogens is 6. The van der Waals surface area contributed by atoms with E-state index >= 15 is 0 Å². The average molecular weight is 453 g/mol. The second-order valence-electron chi connectivity index (χ2n) is 8.45. The van der Waals surface area contributed by atoms with E-state index in [2.05, 4.69) is 108 Å².